The molecule has 39 heavy (non-hydrogen) atoms. The van der Waals surface area contributed by atoms with Crippen molar-refractivity contribution in [2.75, 3.05) is 40.3 Å². The van der Waals surface area contributed by atoms with Crippen LogP contribution in [0.5, 0.6) is 0 Å². The summed E-state index contributed by atoms with van der Waals surface area (Å²) >= 11 is 0. The minimum Gasteiger partial charge on any atom is -0.475 e. The number of nitrogens with zero attached hydrogens (tertiary/aromatic N) is 3. The monoisotopic (exact) mass is 570 g/mol. The topological polar surface area (TPSA) is 119 Å². The van der Waals surface area contributed by atoms with E-state index in [9.17, 15) is 26.4 Å². The van der Waals surface area contributed by atoms with E-state index in [1.54, 1.807) is 44.1 Å². The van der Waals surface area contributed by atoms with E-state index in [4.69, 9.17) is 9.90 Å². The van der Waals surface area contributed by atoms with Crippen LogP contribution in [0.2, 0.25) is 0 Å². The van der Waals surface area contributed by atoms with Gasteiger partial charge in [0.1, 0.15) is 5.84 Å². The number of carboxylic acid groups (broad SMARTS) is 1. The Hall–Kier alpha value is -3.45. The number of carbonyl (C=O) groups excluding carboxylic acids is 1. The lowest BCUT2D eigenvalue weighted by atomic mass is 10.1. The Labute approximate surface area is 226 Å². The number of aryl methyl sites for hydroxylation is 1. The fourth-order valence-corrected chi connectivity index (χ4v) is 5.05. The number of hydrogen-bond donors (Lipinski definition) is 2. The molecule has 13 heteroatoms. The smallest absolute Gasteiger partial charge is 0.475 e. The molecule has 1 heterocycles. The summed E-state index contributed by atoms with van der Waals surface area (Å²) in [7, 11) is -0.193. The lowest BCUT2D eigenvalue weighted by Gasteiger charge is -2.20. The Balaban J connectivity index is 0.000000673. The van der Waals surface area contributed by atoms with Crippen LogP contribution in [0.4, 0.5) is 13.2 Å². The summed E-state index contributed by atoms with van der Waals surface area (Å²) in [6.07, 6.45) is -3.52. The molecule has 0 radical (unpaired) electrons. The molecule has 2 N–H and O–H groups in total. The molecule has 0 aromatic heterocycles. The summed E-state index contributed by atoms with van der Waals surface area (Å²) in [5.41, 5.74) is 2.96. The van der Waals surface area contributed by atoms with Gasteiger partial charge in [0, 0.05) is 45.7 Å². The number of nitrogens with one attached hydrogen (secondary N) is 1. The number of hydrogen-bond acceptors (Lipinski definition) is 6. The van der Waals surface area contributed by atoms with Crippen LogP contribution >= 0.6 is 0 Å². The summed E-state index contributed by atoms with van der Waals surface area (Å²) in [5, 5.41) is 10.4. The highest BCUT2D eigenvalue weighted by molar-refractivity contribution is 7.89. The lowest BCUT2D eigenvalue weighted by Crippen LogP contribution is -2.31. The number of likely N-dealkylation sites (N-methyl/N-ethyl adjacent to an activating group) is 1. The first kappa shape index (κ1) is 31.8. The third kappa shape index (κ3) is 9.66. The number of rotatable bonds is 10. The predicted octanol–water partition coefficient (Wildman–Crippen LogP) is 3.08. The van der Waals surface area contributed by atoms with E-state index in [0.29, 0.717) is 30.8 Å². The van der Waals surface area contributed by atoms with Crippen molar-refractivity contribution in [3.05, 3.63) is 65.2 Å². The molecule has 1 aliphatic rings. The van der Waals surface area contributed by atoms with Gasteiger partial charge in [0.2, 0.25) is 15.9 Å². The number of aliphatic imine (C=N–C) groups is 1. The second kappa shape index (κ2) is 14.1. The second-order valence-corrected chi connectivity index (χ2v) is 10.9. The van der Waals surface area contributed by atoms with Gasteiger partial charge in [0.25, 0.3) is 0 Å². The maximum Gasteiger partial charge on any atom is 0.490 e. The van der Waals surface area contributed by atoms with Crippen molar-refractivity contribution in [1.29, 1.82) is 0 Å². The molecule has 0 aliphatic carbocycles. The molecule has 3 rings (SSSR count). The minimum atomic E-state index is -5.08. The molecule has 2 aromatic carbocycles. The van der Waals surface area contributed by atoms with E-state index < -0.39 is 22.2 Å². The van der Waals surface area contributed by atoms with Gasteiger partial charge in [0.15, 0.2) is 0 Å². The van der Waals surface area contributed by atoms with E-state index in [1.165, 1.54) is 4.31 Å². The molecular formula is C26H33F3N4O5S. The van der Waals surface area contributed by atoms with Crippen molar-refractivity contribution >= 4 is 27.7 Å². The number of benzene rings is 2. The minimum absolute atomic E-state index is 0.0211. The Bertz CT molecular complexity index is 1270. The van der Waals surface area contributed by atoms with E-state index in [-0.39, 0.29) is 5.91 Å². The zero-order chi connectivity index (χ0) is 29.2. The highest BCUT2D eigenvalue weighted by Gasteiger charge is 2.38. The molecule has 0 spiro atoms. The Kier molecular flexibility index (Phi) is 11.5. The summed E-state index contributed by atoms with van der Waals surface area (Å²) in [4.78, 5) is 27.8. The molecule has 2 aromatic rings. The average molecular weight is 571 g/mol. The molecule has 0 saturated heterocycles. The first-order valence-corrected chi connectivity index (χ1v) is 13.6. The largest absolute Gasteiger partial charge is 0.490 e. The Morgan fingerprint density at radius 3 is 2.21 bits per heavy atom. The summed E-state index contributed by atoms with van der Waals surface area (Å²) in [5.74, 6) is -1.79. The van der Waals surface area contributed by atoms with Crippen LogP contribution < -0.4 is 5.32 Å². The van der Waals surface area contributed by atoms with Gasteiger partial charge in [-0.2, -0.15) is 13.2 Å². The Morgan fingerprint density at radius 1 is 1.05 bits per heavy atom. The van der Waals surface area contributed by atoms with Crippen molar-refractivity contribution in [3.8, 4) is 0 Å². The maximum absolute atomic E-state index is 12.7. The molecule has 214 valence electrons. The van der Waals surface area contributed by atoms with Gasteiger partial charge in [-0.1, -0.05) is 42.5 Å². The van der Waals surface area contributed by atoms with Gasteiger partial charge in [-0.25, -0.2) is 17.5 Å². The third-order valence-corrected chi connectivity index (χ3v) is 7.97. The third-order valence-electron chi connectivity index (χ3n) is 5.95. The van der Waals surface area contributed by atoms with Crippen LogP contribution in [0.1, 0.15) is 29.5 Å². The van der Waals surface area contributed by atoms with Gasteiger partial charge in [-0.3, -0.25) is 9.79 Å². The number of sulfonamides is 1. The number of carboxylic acids is 1. The standard InChI is InChI=1S/C24H32N4O3S.C2HF3O2/c1-19-7-4-5-8-22(19)32(30,31)28(3)17-6-9-23(29)27(2)18-14-20-10-12-21(13-11-20)24-25-15-16-26-24;3-2(4,5)1(6)7/h4-5,7-8,10-13H,6,9,14-18H2,1-3H3,(H,25,26);(H,6,7). The number of alkyl halides is 3. The van der Waals surface area contributed by atoms with E-state index in [1.807, 2.05) is 6.07 Å². The molecule has 9 nitrogen and oxygen atoms in total. The van der Waals surface area contributed by atoms with Crippen LogP contribution in [0.3, 0.4) is 0 Å². The molecular weight excluding hydrogens is 537 g/mol. The van der Waals surface area contributed by atoms with Crippen LogP contribution in [-0.2, 0) is 26.0 Å². The summed E-state index contributed by atoms with van der Waals surface area (Å²) in [6.45, 7) is 4.41. The number of amidine groups is 1. The summed E-state index contributed by atoms with van der Waals surface area (Å²) in [6, 6.07) is 15.2. The fraction of sp³-hybridized carbons (Fsp3) is 0.423. The molecule has 0 bridgehead atoms. The summed E-state index contributed by atoms with van der Waals surface area (Å²) < 4.78 is 58.6. The average Bonchev–Trinajstić information content (AvgIpc) is 3.42. The molecule has 1 amide bonds. The van der Waals surface area contributed by atoms with Gasteiger partial charge in [-0.15, -0.1) is 0 Å². The normalized spacial score (nSPS) is 13.3. The fourth-order valence-electron chi connectivity index (χ4n) is 3.62. The molecule has 0 saturated carbocycles. The zero-order valence-corrected chi connectivity index (χ0v) is 22.8. The van der Waals surface area contributed by atoms with Crippen molar-refractivity contribution in [3.63, 3.8) is 0 Å². The Morgan fingerprint density at radius 2 is 1.67 bits per heavy atom. The molecule has 0 unspecified atom stereocenters. The second-order valence-electron chi connectivity index (χ2n) is 8.92. The van der Waals surface area contributed by atoms with Crippen molar-refractivity contribution < 1.29 is 36.3 Å². The SMILES string of the molecule is Cc1ccccc1S(=O)(=O)N(C)CCCC(=O)N(C)CCc1ccc(C2=NCCN2)cc1.O=C(O)C(F)(F)F. The molecule has 0 fully saturated rings. The van der Waals surface area contributed by atoms with Gasteiger partial charge >= 0.3 is 12.1 Å². The highest BCUT2D eigenvalue weighted by Crippen LogP contribution is 2.19. The number of aliphatic carboxylic acids is 1. The molecule has 1 aliphatic heterocycles. The van der Waals surface area contributed by atoms with Crippen LogP contribution in [-0.4, -0.2) is 86.9 Å². The van der Waals surface area contributed by atoms with Crippen LogP contribution in [0.15, 0.2) is 58.4 Å². The number of amides is 1. The van der Waals surface area contributed by atoms with E-state index in [2.05, 4.69) is 34.6 Å². The van der Waals surface area contributed by atoms with Crippen LogP contribution in [0.25, 0.3) is 0 Å². The zero-order valence-electron chi connectivity index (χ0n) is 22.0. The lowest BCUT2D eigenvalue weighted by molar-refractivity contribution is -0.192. The first-order chi connectivity index (χ1) is 18.2. The number of halogens is 3. The van der Waals surface area contributed by atoms with Crippen molar-refractivity contribution in [2.45, 2.75) is 37.3 Å². The van der Waals surface area contributed by atoms with Gasteiger partial charge in [-0.05, 0) is 37.0 Å². The van der Waals surface area contributed by atoms with Crippen molar-refractivity contribution in [1.82, 2.24) is 14.5 Å². The van der Waals surface area contributed by atoms with E-state index in [0.717, 1.165) is 42.0 Å². The maximum atomic E-state index is 12.7. The van der Waals surface area contributed by atoms with Gasteiger partial charge in [0.05, 0.1) is 11.4 Å². The predicted molar refractivity (Wildman–Crippen MR) is 141 cm³/mol. The van der Waals surface area contributed by atoms with Crippen molar-refractivity contribution in [2.24, 2.45) is 4.99 Å². The van der Waals surface area contributed by atoms with Gasteiger partial charge < -0.3 is 15.3 Å². The quantitative estimate of drug-likeness (QED) is 0.453. The molecule has 0 atom stereocenters. The first-order valence-electron chi connectivity index (χ1n) is 12.2. The van der Waals surface area contributed by atoms with E-state index >= 15 is 0 Å². The van der Waals surface area contributed by atoms with Crippen LogP contribution in [0, 0.1) is 6.92 Å². The number of carbonyl (C=O) groups is 2. The highest BCUT2D eigenvalue weighted by atomic mass is 32.2.